The number of carbonyl (C=O) groups is 1. The predicted molar refractivity (Wildman–Crippen MR) is 96.4 cm³/mol. The predicted octanol–water partition coefficient (Wildman–Crippen LogP) is 3.24. The highest BCUT2D eigenvalue weighted by Crippen LogP contribution is 2.40. The van der Waals surface area contributed by atoms with Gasteiger partial charge in [0.1, 0.15) is 17.9 Å². The summed E-state index contributed by atoms with van der Waals surface area (Å²) in [7, 11) is 0. The van der Waals surface area contributed by atoms with Gasteiger partial charge in [-0.3, -0.25) is 4.79 Å². The van der Waals surface area contributed by atoms with E-state index in [4.69, 9.17) is 19.6 Å². The number of alkyl halides is 2. The van der Waals surface area contributed by atoms with Crippen LogP contribution in [0.5, 0.6) is 5.75 Å². The van der Waals surface area contributed by atoms with E-state index in [1.54, 1.807) is 30.0 Å². The quantitative estimate of drug-likeness (QED) is 0.808. The molecule has 0 aliphatic carbocycles. The van der Waals surface area contributed by atoms with Gasteiger partial charge in [0.25, 0.3) is 6.43 Å². The van der Waals surface area contributed by atoms with E-state index < -0.39 is 17.9 Å². The van der Waals surface area contributed by atoms with Gasteiger partial charge in [0.05, 0.1) is 19.1 Å². The number of carbonyl (C=O) groups excluding carboxylic acids is 1. The number of nitrogens with zero attached hydrogens (tertiary/aromatic N) is 1. The van der Waals surface area contributed by atoms with Gasteiger partial charge < -0.3 is 24.5 Å². The molecule has 0 radical (unpaired) electrons. The summed E-state index contributed by atoms with van der Waals surface area (Å²) in [6.07, 6.45) is -2.65. The zero-order chi connectivity index (χ0) is 19.2. The van der Waals surface area contributed by atoms with Crippen LogP contribution in [0, 0.1) is 0 Å². The van der Waals surface area contributed by atoms with E-state index in [1.165, 1.54) is 6.07 Å². The first kappa shape index (κ1) is 18.1. The van der Waals surface area contributed by atoms with Crippen LogP contribution in [-0.4, -0.2) is 42.0 Å². The van der Waals surface area contributed by atoms with Gasteiger partial charge in [0, 0.05) is 16.0 Å². The first-order valence-corrected chi connectivity index (χ1v) is 9.31. The first-order valence-electron chi connectivity index (χ1n) is 8.33. The third kappa shape index (κ3) is 3.04. The molecule has 1 aromatic carbocycles. The van der Waals surface area contributed by atoms with Gasteiger partial charge in [-0.25, -0.2) is 8.78 Å². The van der Waals surface area contributed by atoms with E-state index in [9.17, 15) is 13.6 Å². The number of amides is 1. The smallest absolute Gasteiger partial charge is 0.295 e. The number of hydrogen-bond acceptors (Lipinski definition) is 6. The maximum absolute atomic E-state index is 12.7. The normalized spacial score (nSPS) is 19.0. The monoisotopic (exact) mass is 396 g/mol. The number of rotatable bonds is 6. The number of hydrogen-bond donors (Lipinski definition) is 1. The molecular formula is C18H18F2N2O4S. The Morgan fingerprint density at radius 1 is 1.41 bits per heavy atom. The van der Waals surface area contributed by atoms with Crippen LogP contribution >= 0.6 is 11.8 Å². The molecule has 0 unspecified atom stereocenters. The third-order valence-corrected chi connectivity index (χ3v) is 6.07. The van der Waals surface area contributed by atoms with Gasteiger partial charge in [-0.15, -0.1) is 11.8 Å². The maximum atomic E-state index is 12.7. The molecule has 1 fully saturated rings. The highest BCUT2D eigenvalue weighted by Gasteiger charge is 2.51. The Morgan fingerprint density at radius 3 is 2.81 bits per heavy atom. The number of benzene rings is 1. The molecule has 3 heterocycles. The zero-order valence-corrected chi connectivity index (χ0v) is 15.4. The summed E-state index contributed by atoms with van der Waals surface area (Å²) in [5.74, 6) is 0.410. The number of furan rings is 1. The highest BCUT2D eigenvalue weighted by molar-refractivity contribution is 8.03. The van der Waals surface area contributed by atoms with Gasteiger partial charge >= 0.3 is 0 Å². The first-order chi connectivity index (χ1) is 12.9. The Kier molecular flexibility index (Phi) is 4.51. The van der Waals surface area contributed by atoms with Crippen molar-refractivity contribution in [3.8, 4) is 5.75 Å². The largest absolute Gasteiger partial charge is 0.488 e. The number of allylic oxidation sites excluding steroid dienone is 1. The zero-order valence-electron chi connectivity index (χ0n) is 14.5. The van der Waals surface area contributed by atoms with Crippen molar-refractivity contribution in [1.82, 2.24) is 4.90 Å². The molecule has 2 aliphatic heterocycles. The topological polar surface area (TPSA) is 77.9 Å². The molecule has 6 nitrogen and oxygen atoms in total. The van der Waals surface area contributed by atoms with Crippen LogP contribution in [0.4, 0.5) is 8.78 Å². The second kappa shape index (κ2) is 6.72. The second-order valence-corrected chi connectivity index (χ2v) is 7.58. The minimum atomic E-state index is -2.65. The third-order valence-electron chi connectivity index (χ3n) is 4.93. The molecule has 1 saturated heterocycles. The summed E-state index contributed by atoms with van der Waals surface area (Å²) in [4.78, 5) is 14.8. The van der Waals surface area contributed by atoms with Crippen LogP contribution in [0.25, 0.3) is 11.0 Å². The summed E-state index contributed by atoms with van der Waals surface area (Å²) in [6.45, 7) is 2.82. The summed E-state index contributed by atoms with van der Waals surface area (Å²) in [5, 5.41) is 0.563. The fraction of sp³-hybridized carbons (Fsp3) is 0.389. The van der Waals surface area contributed by atoms with Gasteiger partial charge in [-0.2, -0.15) is 0 Å². The Balaban J connectivity index is 1.48. The summed E-state index contributed by atoms with van der Waals surface area (Å²) in [6, 6.07) is 6.28. The molecule has 2 N–H and O–H groups in total. The van der Waals surface area contributed by atoms with Gasteiger partial charge in [0.15, 0.2) is 11.3 Å². The Morgan fingerprint density at radius 2 is 2.19 bits per heavy atom. The van der Waals surface area contributed by atoms with E-state index in [0.29, 0.717) is 29.2 Å². The molecule has 1 amide bonds. The number of nitrogens with two attached hydrogens (primary N) is 1. The lowest BCUT2D eigenvalue weighted by Gasteiger charge is -2.46. The number of primary amides is 1. The number of thioether (sulfide) groups is 1. The van der Waals surface area contributed by atoms with Crippen LogP contribution in [0.1, 0.15) is 19.1 Å². The second-order valence-electron chi connectivity index (χ2n) is 6.54. The van der Waals surface area contributed by atoms with Crippen LogP contribution in [0.2, 0.25) is 0 Å². The maximum Gasteiger partial charge on any atom is 0.295 e. The van der Waals surface area contributed by atoms with Crippen LogP contribution in [0.3, 0.4) is 0 Å². The standard InChI is InChI=1S/C18H18F2N2O4S/c1-10-15(27-9-22(10)18(17(21)23)7-24-8-18)6-25-12-2-3-13-11(4-12)5-14(26-13)16(19)20/h2-5,16H,6-9H2,1H3,(H2,21,23). The van der Waals surface area contributed by atoms with Crippen molar-refractivity contribution >= 4 is 28.6 Å². The lowest BCUT2D eigenvalue weighted by Crippen LogP contribution is -2.68. The van der Waals surface area contributed by atoms with Crippen molar-refractivity contribution in [3.63, 3.8) is 0 Å². The summed E-state index contributed by atoms with van der Waals surface area (Å²) in [5.41, 5.74) is 6.13. The van der Waals surface area contributed by atoms with Crippen molar-refractivity contribution < 1.29 is 27.5 Å². The fourth-order valence-corrected chi connectivity index (χ4v) is 4.39. The molecule has 0 spiro atoms. The molecule has 27 heavy (non-hydrogen) atoms. The molecule has 4 rings (SSSR count). The number of ether oxygens (including phenoxy) is 2. The number of halogens is 2. The van der Waals surface area contributed by atoms with Gasteiger partial charge in [-0.05, 0) is 31.2 Å². The fourth-order valence-electron chi connectivity index (χ4n) is 3.20. The van der Waals surface area contributed by atoms with Crippen LogP contribution in [-0.2, 0) is 9.53 Å². The van der Waals surface area contributed by atoms with Crippen LogP contribution in [0.15, 0.2) is 39.3 Å². The number of fused-ring (bicyclic) bond motifs is 1. The molecule has 0 bridgehead atoms. The molecule has 1 aromatic heterocycles. The molecule has 144 valence electrons. The molecule has 0 saturated carbocycles. The van der Waals surface area contributed by atoms with E-state index >= 15 is 0 Å². The lowest BCUT2D eigenvalue weighted by molar-refractivity contribution is -0.160. The minimum Gasteiger partial charge on any atom is -0.488 e. The van der Waals surface area contributed by atoms with Crippen LogP contribution < -0.4 is 10.5 Å². The van der Waals surface area contributed by atoms with Gasteiger partial charge in [-0.1, -0.05) is 0 Å². The average Bonchev–Trinajstić information content (AvgIpc) is 3.16. The van der Waals surface area contributed by atoms with Crippen molar-refractivity contribution in [3.05, 3.63) is 40.6 Å². The Bertz CT molecular complexity index is 923. The molecular weight excluding hydrogens is 378 g/mol. The summed E-state index contributed by atoms with van der Waals surface area (Å²) < 4.78 is 41.6. The van der Waals surface area contributed by atoms with E-state index in [-0.39, 0.29) is 19.0 Å². The molecule has 2 aromatic rings. The van der Waals surface area contributed by atoms with E-state index in [0.717, 1.165) is 10.6 Å². The van der Waals surface area contributed by atoms with E-state index in [1.807, 2.05) is 11.8 Å². The molecule has 0 atom stereocenters. The minimum absolute atomic E-state index is 0.290. The van der Waals surface area contributed by atoms with Crippen molar-refractivity contribution in [2.45, 2.75) is 18.9 Å². The van der Waals surface area contributed by atoms with Crippen molar-refractivity contribution in [2.24, 2.45) is 5.73 Å². The van der Waals surface area contributed by atoms with Crippen molar-refractivity contribution in [1.29, 1.82) is 0 Å². The SMILES string of the molecule is CC1=C(COc2ccc3oc(C(F)F)cc3c2)SCN1C1(C(N)=O)COC1. The molecule has 9 heteroatoms. The average molecular weight is 396 g/mol. The summed E-state index contributed by atoms with van der Waals surface area (Å²) >= 11 is 1.58. The van der Waals surface area contributed by atoms with Gasteiger partial charge in [0.2, 0.25) is 5.91 Å². The highest BCUT2D eigenvalue weighted by atomic mass is 32.2. The Labute approximate surface area is 158 Å². The Hall–Kier alpha value is -2.26. The van der Waals surface area contributed by atoms with Crippen molar-refractivity contribution in [2.75, 3.05) is 25.7 Å². The molecule has 2 aliphatic rings. The van der Waals surface area contributed by atoms with E-state index in [2.05, 4.69) is 0 Å². The lowest BCUT2D eigenvalue weighted by atomic mass is 9.94.